The molecule has 2 unspecified atom stereocenters. The van der Waals surface area contributed by atoms with E-state index in [1.54, 1.807) is 5.57 Å². The van der Waals surface area contributed by atoms with Crippen molar-refractivity contribution in [1.82, 2.24) is 16.0 Å². The zero-order valence-corrected chi connectivity index (χ0v) is 7.64. The second-order valence-electron chi connectivity index (χ2n) is 4.00. The van der Waals surface area contributed by atoms with Crippen molar-refractivity contribution >= 4 is 0 Å². The topological polar surface area (TPSA) is 36.1 Å². The van der Waals surface area contributed by atoms with Crippen molar-refractivity contribution in [3.63, 3.8) is 0 Å². The molecule has 3 heterocycles. The van der Waals surface area contributed by atoms with Crippen LogP contribution in [0.5, 0.6) is 0 Å². The van der Waals surface area contributed by atoms with Crippen LogP contribution >= 0.6 is 0 Å². The minimum Gasteiger partial charge on any atom is -0.387 e. The smallest absolute Gasteiger partial charge is 0.0382 e. The van der Waals surface area contributed by atoms with Crippen LogP contribution in [0.15, 0.2) is 23.5 Å². The average Bonchev–Trinajstić information content (AvgIpc) is 2.56. The van der Waals surface area contributed by atoms with Crippen molar-refractivity contribution in [2.24, 2.45) is 5.92 Å². The second kappa shape index (κ2) is 2.77. The number of dihydropyridines is 1. The summed E-state index contributed by atoms with van der Waals surface area (Å²) in [7, 11) is 0. The van der Waals surface area contributed by atoms with Crippen LogP contribution in [-0.4, -0.2) is 25.7 Å². The second-order valence-corrected chi connectivity index (χ2v) is 4.00. The fourth-order valence-electron chi connectivity index (χ4n) is 2.58. The highest BCUT2D eigenvalue weighted by atomic mass is 15.0. The largest absolute Gasteiger partial charge is 0.387 e. The lowest BCUT2D eigenvalue weighted by molar-refractivity contribution is 0.356. The first-order chi connectivity index (χ1) is 6.45. The summed E-state index contributed by atoms with van der Waals surface area (Å²) in [4.78, 5) is 0. The Morgan fingerprint density at radius 2 is 2.38 bits per heavy atom. The van der Waals surface area contributed by atoms with Crippen LogP contribution in [0.2, 0.25) is 0 Å². The molecule has 1 fully saturated rings. The number of hydrogen-bond donors (Lipinski definition) is 3. The maximum absolute atomic E-state index is 3.61. The van der Waals surface area contributed by atoms with Gasteiger partial charge in [-0.1, -0.05) is 0 Å². The van der Waals surface area contributed by atoms with Crippen molar-refractivity contribution in [3.8, 4) is 0 Å². The lowest BCUT2D eigenvalue weighted by Gasteiger charge is -2.28. The number of fused-ring (bicyclic) bond motifs is 2. The Balaban J connectivity index is 1.90. The van der Waals surface area contributed by atoms with Crippen molar-refractivity contribution in [3.05, 3.63) is 23.5 Å². The van der Waals surface area contributed by atoms with E-state index in [4.69, 9.17) is 0 Å². The molecule has 1 saturated heterocycles. The van der Waals surface area contributed by atoms with Crippen LogP contribution in [0.25, 0.3) is 0 Å². The van der Waals surface area contributed by atoms with Gasteiger partial charge in [-0.25, -0.2) is 0 Å². The molecular weight excluding hydrogens is 162 g/mol. The number of rotatable bonds is 0. The average molecular weight is 177 g/mol. The maximum atomic E-state index is 3.61. The van der Waals surface area contributed by atoms with Crippen molar-refractivity contribution in [2.45, 2.75) is 12.5 Å². The van der Waals surface area contributed by atoms with Gasteiger partial charge >= 0.3 is 0 Å². The van der Waals surface area contributed by atoms with Crippen LogP contribution in [0.1, 0.15) is 6.42 Å². The monoisotopic (exact) mass is 177 g/mol. The Bertz CT molecular complexity index is 280. The molecular formula is C10H15N3. The van der Waals surface area contributed by atoms with Crippen LogP contribution in [0.3, 0.4) is 0 Å². The number of allylic oxidation sites excluding steroid dienone is 1. The van der Waals surface area contributed by atoms with E-state index < -0.39 is 0 Å². The van der Waals surface area contributed by atoms with Gasteiger partial charge in [0.05, 0.1) is 0 Å². The van der Waals surface area contributed by atoms with E-state index in [0.717, 1.165) is 25.6 Å². The number of piperidine rings is 1. The van der Waals surface area contributed by atoms with E-state index in [-0.39, 0.29) is 0 Å². The molecule has 0 aromatic carbocycles. The third-order valence-corrected chi connectivity index (χ3v) is 3.28. The lowest BCUT2D eigenvalue weighted by atomic mass is 9.89. The van der Waals surface area contributed by atoms with E-state index >= 15 is 0 Å². The van der Waals surface area contributed by atoms with Crippen LogP contribution < -0.4 is 16.0 Å². The summed E-state index contributed by atoms with van der Waals surface area (Å²) in [5.74, 6) is 0.723. The molecule has 0 saturated carbocycles. The fourth-order valence-corrected chi connectivity index (χ4v) is 2.58. The summed E-state index contributed by atoms with van der Waals surface area (Å²) in [6, 6.07) is 0.691. The highest BCUT2D eigenvalue weighted by molar-refractivity contribution is 5.37. The van der Waals surface area contributed by atoms with Crippen LogP contribution in [0.4, 0.5) is 0 Å². The SMILES string of the molecule is C1=CC2=C(CN1)C1CNCCC1N2. The third kappa shape index (κ3) is 1.07. The van der Waals surface area contributed by atoms with Gasteiger partial charge in [0.1, 0.15) is 0 Å². The van der Waals surface area contributed by atoms with E-state index in [1.807, 2.05) is 6.20 Å². The molecule has 3 nitrogen and oxygen atoms in total. The predicted molar refractivity (Wildman–Crippen MR) is 52.1 cm³/mol. The first-order valence-corrected chi connectivity index (χ1v) is 5.05. The zero-order valence-electron chi connectivity index (χ0n) is 7.64. The number of hydrogen-bond acceptors (Lipinski definition) is 3. The lowest BCUT2D eigenvalue weighted by Crippen LogP contribution is -2.43. The van der Waals surface area contributed by atoms with E-state index in [2.05, 4.69) is 22.0 Å². The molecule has 3 N–H and O–H groups in total. The molecule has 3 heteroatoms. The minimum atomic E-state index is 0.691. The van der Waals surface area contributed by atoms with Gasteiger partial charge in [0, 0.05) is 30.7 Å². The molecule has 0 spiro atoms. The molecule has 2 atom stereocenters. The summed E-state index contributed by atoms with van der Waals surface area (Å²) < 4.78 is 0. The van der Waals surface area contributed by atoms with Gasteiger partial charge in [-0.15, -0.1) is 0 Å². The van der Waals surface area contributed by atoms with Crippen molar-refractivity contribution in [2.75, 3.05) is 19.6 Å². The van der Waals surface area contributed by atoms with Gasteiger partial charge < -0.3 is 16.0 Å². The standard InChI is InChI=1S/C10H15N3/c1-3-11-5-7-8-6-12-4-2-10(8)13-9(1)7/h1,3,8,10-13H,2,4-6H2. The molecule has 0 aromatic heterocycles. The zero-order chi connectivity index (χ0) is 8.67. The number of nitrogens with one attached hydrogen (secondary N) is 3. The van der Waals surface area contributed by atoms with Crippen molar-refractivity contribution in [1.29, 1.82) is 0 Å². The predicted octanol–water partition coefficient (Wildman–Crippen LogP) is -0.0613. The first-order valence-electron chi connectivity index (χ1n) is 5.05. The molecule has 0 bridgehead atoms. The van der Waals surface area contributed by atoms with Crippen molar-refractivity contribution < 1.29 is 0 Å². The van der Waals surface area contributed by atoms with Gasteiger partial charge in [0.25, 0.3) is 0 Å². The van der Waals surface area contributed by atoms with E-state index in [0.29, 0.717) is 6.04 Å². The van der Waals surface area contributed by atoms with E-state index in [1.165, 1.54) is 12.1 Å². The fraction of sp³-hybridized carbons (Fsp3) is 0.600. The molecule has 13 heavy (non-hydrogen) atoms. The van der Waals surface area contributed by atoms with Gasteiger partial charge in [-0.3, -0.25) is 0 Å². The molecule has 0 aliphatic carbocycles. The summed E-state index contributed by atoms with van der Waals surface area (Å²) >= 11 is 0. The van der Waals surface area contributed by atoms with Gasteiger partial charge in [0.15, 0.2) is 0 Å². The maximum Gasteiger partial charge on any atom is 0.0382 e. The Morgan fingerprint density at radius 3 is 3.38 bits per heavy atom. The third-order valence-electron chi connectivity index (χ3n) is 3.28. The molecule has 70 valence electrons. The minimum absolute atomic E-state index is 0.691. The molecule has 3 rings (SSSR count). The van der Waals surface area contributed by atoms with Gasteiger partial charge in [-0.05, 0) is 30.8 Å². The van der Waals surface area contributed by atoms with Gasteiger partial charge in [-0.2, -0.15) is 0 Å². The van der Waals surface area contributed by atoms with Crippen LogP contribution in [-0.2, 0) is 0 Å². The molecule has 0 radical (unpaired) electrons. The van der Waals surface area contributed by atoms with Crippen LogP contribution in [0, 0.1) is 5.92 Å². The highest BCUT2D eigenvalue weighted by Gasteiger charge is 2.35. The summed E-state index contributed by atoms with van der Waals surface area (Å²) in [5.41, 5.74) is 2.94. The molecule has 3 aliphatic heterocycles. The summed E-state index contributed by atoms with van der Waals surface area (Å²) in [6.45, 7) is 3.33. The molecule has 0 aromatic rings. The summed E-state index contributed by atoms with van der Waals surface area (Å²) in [6.07, 6.45) is 5.46. The Morgan fingerprint density at radius 1 is 1.38 bits per heavy atom. The molecule has 0 amide bonds. The molecule has 3 aliphatic rings. The van der Waals surface area contributed by atoms with E-state index in [9.17, 15) is 0 Å². The quantitative estimate of drug-likeness (QED) is 0.485. The Labute approximate surface area is 78.3 Å². The highest BCUT2D eigenvalue weighted by Crippen LogP contribution is 2.30. The van der Waals surface area contributed by atoms with Gasteiger partial charge in [0.2, 0.25) is 0 Å². The normalized spacial score (nSPS) is 36.3. The summed E-state index contributed by atoms with van der Waals surface area (Å²) in [5, 5.41) is 10.4. The Kier molecular flexibility index (Phi) is 1.59. The first kappa shape index (κ1) is 7.44. The Hall–Kier alpha value is -0.960.